The van der Waals surface area contributed by atoms with Crippen molar-refractivity contribution in [1.82, 2.24) is 10.2 Å². The molecule has 2 rings (SSSR count). The van der Waals surface area contributed by atoms with Gasteiger partial charge in [-0.2, -0.15) is 0 Å². The van der Waals surface area contributed by atoms with Crippen LogP contribution in [0.5, 0.6) is 0 Å². The SMILES string of the molecule is CCOC(=O)CN1CCC[C@H](C2CNC2)C1. The van der Waals surface area contributed by atoms with Crippen LogP contribution in [0.2, 0.25) is 0 Å². The van der Waals surface area contributed by atoms with Crippen molar-refractivity contribution in [2.24, 2.45) is 11.8 Å². The predicted molar refractivity (Wildman–Crippen MR) is 62.2 cm³/mol. The van der Waals surface area contributed by atoms with E-state index in [1.165, 1.54) is 12.8 Å². The summed E-state index contributed by atoms with van der Waals surface area (Å²) in [6.45, 7) is 7.28. The molecule has 0 aromatic carbocycles. The van der Waals surface area contributed by atoms with Crippen molar-refractivity contribution in [1.29, 1.82) is 0 Å². The summed E-state index contributed by atoms with van der Waals surface area (Å²) < 4.78 is 4.99. The van der Waals surface area contributed by atoms with Crippen LogP contribution >= 0.6 is 0 Å². The maximum atomic E-state index is 11.4. The molecule has 0 bridgehead atoms. The lowest BCUT2D eigenvalue weighted by Gasteiger charge is -2.40. The molecule has 0 unspecified atom stereocenters. The van der Waals surface area contributed by atoms with Crippen LogP contribution in [0.1, 0.15) is 19.8 Å². The van der Waals surface area contributed by atoms with Gasteiger partial charge < -0.3 is 10.1 Å². The molecule has 0 aliphatic carbocycles. The van der Waals surface area contributed by atoms with E-state index in [0.29, 0.717) is 13.2 Å². The molecule has 0 aromatic heterocycles. The zero-order valence-corrected chi connectivity index (χ0v) is 10.1. The smallest absolute Gasteiger partial charge is 0.320 e. The number of hydrogen-bond acceptors (Lipinski definition) is 4. The van der Waals surface area contributed by atoms with Gasteiger partial charge in [-0.05, 0) is 51.2 Å². The molecule has 16 heavy (non-hydrogen) atoms. The van der Waals surface area contributed by atoms with Gasteiger partial charge in [0.15, 0.2) is 0 Å². The molecule has 0 spiro atoms. The number of piperidine rings is 1. The molecule has 2 aliphatic heterocycles. The lowest BCUT2D eigenvalue weighted by Crippen LogP contribution is -2.51. The Labute approximate surface area is 97.3 Å². The van der Waals surface area contributed by atoms with Crippen molar-refractivity contribution in [2.45, 2.75) is 19.8 Å². The van der Waals surface area contributed by atoms with E-state index in [2.05, 4.69) is 10.2 Å². The highest BCUT2D eigenvalue weighted by molar-refractivity contribution is 5.71. The lowest BCUT2D eigenvalue weighted by molar-refractivity contribution is -0.145. The van der Waals surface area contributed by atoms with E-state index in [0.717, 1.165) is 38.0 Å². The maximum Gasteiger partial charge on any atom is 0.320 e. The third kappa shape index (κ3) is 2.95. The van der Waals surface area contributed by atoms with E-state index in [1.807, 2.05) is 6.92 Å². The molecule has 0 aromatic rings. The second-order valence-corrected chi connectivity index (χ2v) is 4.86. The second-order valence-electron chi connectivity index (χ2n) is 4.86. The summed E-state index contributed by atoms with van der Waals surface area (Å²) >= 11 is 0. The van der Waals surface area contributed by atoms with Crippen molar-refractivity contribution in [3.05, 3.63) is 0 Å². The Balaban J connectivity index is 1.75. The van der Waals surface area contributed by atoms with Gasteiger partial charge in [0, 0.05) is 6.54 Å². The fourth-order valence-corrected chi connectivity index (χ4v) is 2.65. The van der Waals surface area contributed by atoms with Crippen LogP contribution in [-0.2, 0) is 9.53 Å². The molecule has 1 N–H and O–H groups in total. The highest BCUT2D eigenvalue weighted by atomic mass is 16.5. The van der Waals surface area contributed by atoms with Gasteiger partial charge in [0.05, 0.1) is 13.2 Å². The highest BCUT2D eigenvalue weighted by Crippen LogP contribution is 2.26. The fraction of sp³-hybridized carbons (Fsp3) is 0.917. The average molecular weight is 226 g/mol. The summed E-state index contributed by atoms with van der Waals surface area (Å²) in [5.74, 6) is 1.55. The van der Waals surface area contributed by atoms with E-state index in [9.17, 15) is 4.79 Å². The van der Waals surface area contributed by atoms with Gasteiger partial charge >= 0.3 is 5.97 Å². The first-order chi connectivity index (χ1) is 7.79. The first-order valence-electron chi connectivity index (χ1n) is 6.38. The number of hydrogen-bond donors (Lipinski definition) is 1. The number of carbonyl (C=O) groups is 1. The number of nitrogens with one attached hydrogen (secondary N) is 1. The molecule has 0 radical (unpaired) electrons. The largest absolute Gasteiger partial charge is 0.465 e. The van der Waals surface area contributed by atoms with Crippen molar-refractivity contribution in [3.8, 4) is 0 Å². The Morgan fingerprint density at radius 2 is 2.25 bits per heavy atom. The van der Waals surface area contributed by atoms with Gasteiger partial charge in [0.25, 0.3) is 0 Å². The molecular formula is C12H22N2O2. The normalized spacial score (nSPS) is 27.4. The Bertz CT molecular complexity index is 241. The van der Waals surface area contributed by atoms with Gasteiger partial charge in [-0.25, -0.2) is 0 Å². The van der Waals surface area contributed by atoms with Crippen LogP contribution in [0.25, 0.3) is 0 Å². The topological polar surface area (TPSA) is 41.6 Å². The average Bonchev–Trinajstić information content (AvgIpc) is 2.15. The van der Waals surface area contributed by atoms with Crippen LogP contribution in [0.15, 0.2) is 0 Å². The highest BCUT2D eigenvalue weighted by Gasteiger charge is 2.31. The summed E-state index contributed by atoms with van der Waals surface area (Å²) in [7, 11) is 0. The Kier molecular flexibility index (Phi) is 4.18. The molecule has 2 aliphatic rings. The fourth-order valence-electron chi connectivity index (χ4n) is 2.65. The summed E-state index contributed by atoms with van der Waals surface area (Å²) in [4.78, 5) is 13.6. The van der Waals surface area contributed by atoms with Crippen LogP contribution in [-0.4, -0.2) is 50.2 Å². The summed E-state index contributed by atoms with van der Waals surface area (Å²) in [6, 6.07) is 0. The van der Waals surface area contributed by atoms with Gasteiger partial charge in [-0.3, -0.25) is 9.69 Å². The lowest BCUT2D eigenvalue weighted by atomic mass is 9.82. The summed E-state index contributed by atoms with van der Waals surface area (Å²) in [5.41, 5.74) is 0. The number of ether oxygens (including phenoxy) is 1. The monoisotopic (exact) mass is 226 g/mol. The zero-order chi connectivity index (χ0) is 11.4. The second kappa shape index (κ2) is 5.64. The Morgan fingerprint density at radius 1 is 1.44 bits per heavy atom. The predicted octanol–water partition coefficient (Wildman–Crippen LogP) is 0.481. The molecule has 1 atom stereocenters. The molecule has 4 heteroatoms. The minimum atomic E-state index is -0.0742. The van der Waals surface area contributed by atoms with Crippen LogP contribution < -0.4 is 5.32 Å². The minimum Gasteiger partial charge on any atom is -0.465 e. The van der Waals surface area contributed by atoms with Gasteiger partial charge in [-0.1, -0.05) is 0 Å². The molecular weight excluding hydrogens is 204 g/mol. The van der Waals surface area contributed by atoms with E-state index in [1.54, 1.807) is 0 Å². The molecule has 2 fully saturated rings. The summed E-state index contributed by atoms with van der Waals surface area (Å²) in [5, 5.41) is 3.32. The number of rotatable bonds is 4. The number of esters is 1. The third-order valence-corrected chi connectivity index (χ3v) is 3.68. The van der Waals surface area contributed by atoms with Crippen LogP contribution in [0.4, 0.5) is 0 Å². The number of likely N-dealkylation sites (tertiary alicyclic amines) is 1. The van der Waals surface area contributed by atoms with Crippen molar-refractivity contribution >= 4 is 5.97 Å². The number of nitrogens with zero attached hydrogens (tertiary/aromatic N) is 1. The van der Waals surface area contributed by atoms with E-state index in [4.69, 9.17) is 4.74 Å². The summed E-state index contributed by atoms with van der Waals surface area (Å²) in [6.07, 6.45) is 2.55. The van der Waals surface area contributed by atoms with Gasteiger partial charge in [0.2, 0.25) is 0 Å². The molecule has 0 amide bonds. The quantitative estimate of drug-likeness (QED) is 0.708. The van der Waals surface area contributed by atoms with Crippen molar-refractivity contribution in [2.75, 3.05) is 39.3 Å². The van der Waals surface area contributed by atoms with E-state index >= 15 is 0 Å². The van der Waals surface area contributed by atoms with Crippen molar-refractivity contribution in [3.63, 3.8) is 0 Å². The van der Waals surface area contributed by atoms with Crippen LogP contribution in [0, 0.1) is 11.8 Å². The minimum absolute atomic E-state index is 0.0742. The van der Waals surface area contributed by atoms with Crippen LogP contribution in [0.3, 0.4) is 0 Å². The maximum absolute atomic E-state index is 11.4. The van der Waals surface area contributed by atoms with Gasteiger partial charge in [0.1, 0.15) is 0 Å². The number of carbonyl (C=O) groups excluding carboxylic acids is 1. The standard InChI is InChI=1S/C12H22N2O2/c1-2-16-12(15)9-14-5-3-4-10(8-14)11-6-13-7-11/h10-11,13H,2-9H2,1H3/t10-/m0/s1. The van der Waals surface area contributed by atoms with E-state index in [-0.39, 0.29) is 5.97 Å². The molecule has 92 valence electrons. The van der Waals surface area contributed by atoms with Crippen molar-refractivity contribution < 1.29 is 9.53 Å². The molecule has 2 heterocycles. The zero-order valence-electron chi connectivity index (χ0n) is 10.1. The molecule has 4 nitrogen and oxygen atoms in total. The molecule has 2 saturated heterocycles. The first-order valence-corrected chi connectivity index (χ1v) is 6.38. The van der Waals surface area contributed by atoms with Gasteiger partial charge in [-0.15, -0.1) is 0 Å². The first kappa shape index (κ1) is 11.9. The molecule has 0 saturated carbocycles. The Morgan fingerprint density at radius 3 is 2.88 bits per heavy atom. The Hall–Kier alpha value is -0.610. The third-order valence-electron chi connectivity index (χ3n) is 3.68. The van der Waals surface area contributed by atoms with E-state index < -0.39 is 0 Å².